The number of aromatic nitrogens is 3. The first-order valence-corrected chi connectivity index (χ1v) is 6.80. The predicted molar refractivity (Wildman–Crippen MR) is 74.0 cm³/mol. The van der Waals surface area contributed by atoms with Crippen LogP contribution >= 0.6 is 27.3 Å². The lowest BCUT2D eigenvalue weighted by atomic mass is 9.96. The molecule has 0 radical (unpaired) electrons. The maximum Gasteiger partial charge on any atom is 0.223 e. The Labute approximate surface area is 112 Å². The number of nitrogens with two attached hydrogens (primary N) is 1. The maximum atomic E-state index is 5.73. The van der Waals surface area contributed by atoms with E-state index in [2.05, 4.69) is 51.7 Å². The Bertz CT molecular complexity index is 545. The molecule has 0 saturated carbocycles. The molecule has 2 N–H and O–H groups in total. The van der Waals surface area contributed by atoms with Gasteiger partial charge in [0.05, 0.1) is 4.88 Å². The second kappa shape index (κ2) is 4.34. The number of halogens is 1. The van der Waals surface area contributed by atoms with Crippen LogP contribution in [0.1, 0.15) is 26.6 Å². The van der Waals surface area contributed by atoms with Gasteiger partial charge in [-0.25, -0.2) is 4.98 Å². The Kier molecular flexibility index (Phi) is 3.18. The van der Waals surface area contributed by atoms with E-state index in [-0.39, 0.29) is 11.4 Å². The van der Waals surface area contributed by atoms with Gasteiger partial charge in [0.2, 0.25) is 5.95 Å². The highest BCUT2D eigenvalue weighted by molar-refractivity contribution is 9.10. The van der Waals surface area contributed by atoms with Crippen molar-refractivity contribution in [3.05, 3.63) is 21.7 Å². The highest BCUT2D eigenvalue weighted by Crippen LogP contribution is 2.29. The highest BCUT2D eigenvalue weighted by Gasteiger charge is 2.20. The zero-order chi connectivity index (χ0) is 12.6. The Balaban J connectivity index is 2.52. The number of thiophene rings is 1. The number of rotatable bonds is 1. The van der Waals surface area contributed by atoms with Gasteiger partial charge in [0.15, 0.2) is 5.82 Å². The van der Waals surface area contributed by atoms with Crippen LogP contribution in [0.3, 0.4) is 0 Å². The summed E-state index contributed by atoms with van der Waals surface area (Å²) in [4.78, 5) is 13.8. The molecule has 6 heteroatoms. The van der Waals surface area contributed by atoms with Crippen LogP contribution in [-0.4, -0.2) is 15.0 Å². The summed E-state index contributed by atoms with van der Waals surface area (Å²) in [5.41, 5.74) is 5.59. The van der Waals surface area contributed by atoms with Crippen molar-refractivity contribution in [3.8, 4) is 10.7 Å². The summed E-state index contributed by atoms with van der Waals surface area (Å²) < 4.78 is 1.02. The Morgan fingerprint density at radius 3 is 2.47 bits per heavy atom. The van der Waals surface area contributed by atoms with Crippen molar-refractivity contribution in [1.82, 2.24) is 15.0 Å². The van der Waals surface area contributed by atoms with Gasteiger partial charge in [0.1, 0.15) is 5.82 Å². The molecule has 2 aromatic rings. The van der Waals surface area contributed by atoms with Gasteiger partial charge < -0.3 is 5.73 Å². The van der Waals surface area contributed by atoms with Crippen LogP contribution in [0.25, 0.3) is 10.7 Å². The van der Waals surface area contributed by atoms with Crippen LogP contribution in [-0.2, 0) is 5.41 Å². The predicted octanol–water partition coefficient (Wildman–Crippen LogP) is 3.24. The quantitative estimate of drug-likeness (QED) is 0.878. The van der Waals surface area contributed by atoms with E-state index >= 15 is 0 Å². The van der Waals surface area contributed by atoms with Gasteiger partial charge in [-0.15, -0.1) is 11.3 Å². The summed E-state index contributed by atoms with van der Waals surface area (Å²) in [6, 6.07) is 1.98. The fourth-order valence-electron chi connectivity index (χ4n) is 1.27. The van der Waals surface area contributed by atoms with Crippen LogP contribution in [0.2, 0.25) is 0 Å². The second-order valence-corrected chi connectivity index (χ2v) is 6.55. The number of hydrogen-bond acceptors (Lipinski definition) is 5. The van der Waals surface area contributed by atoms with Crippen molar-refractivity contribution >= 4 is 33.2 Å². The van der Waals surface area contributed by atoms with Crippen molar-refractivity contribution in [2.24, 2.45) is 0 Å². The molecular formula is C11H13BrN4S. The number of nitrogens with zero attached hydrogens (tertiary/aromatic N) is 3. The van der Waals surface area contributed by atoms with E-state index in [1.165, 1.54) is 0 Å². The molecule has 90 valence electrons. The fraction of sp³-hybridized carbons (Fsp3) is 0.364. The third-order valence-corrected chi connectivity index (χ3v) is 3.80. The molecule has 17 heavy (non-hydrogen) atoms. The summed E-state index contributed by atoms with van der Waals surface area (Å²) in [7, 11) is 0. The SMILES string of the molecule is CC(C)(C)c1nc(N)nc(-c2cc(Br)cs2)n1. The summed E-state index contributed by atoms with van der Waals surface area (Å²) >= 11 is 4.99. The molecule has 0 aliphatic carbocycles. The Morgan fingerprint density at radius 2 is 1.94 bits per heavy atom. The molecule has 0 fully saturated rings. The lowest BCUT2D eigenvalue weighted by Crippen LogP contribution is -2.18. The fourth-order valence-corrected chi connectivity index (χ4v) is 2.63. The molecule has 0 saturated heterocycles. The summed E-state index contributed by atoms with van der Waals surface area (Å²) in [6.45, 7) is 6.15. The van der Waals surface area contributed by atoms with Crippen LogP contribution in [0.5, 0.6) is 0 Å². The van der Waals surface area contributed by atoms with E-state index in [0.717, 1.165) is 9.35 Å². The molecule has 0 aliphatic rings. The largest absolute Gasteiger partial charge is 0.368 e. The molecule has 0 amide bonds. The minimum atomic E-state index is -0.139. The molecule has 0 unspecified atom stereocenters. The lowest BCUT2D eigenvalue weighted by Gasteiger charge is -2.16. The molecule has 2 heterocycles. The van der Waals surface area contributed by atoms with Crippen molar-refractivity contribution in [2.75, 3.05) is 5.73 Å². The first-order valence-electron chi connectivity index (χ1n) is 5.13. The van der Waals surface area contributed by atoms with E-state index in [4.69, 9.17) is 5.73 Å². The average molecular weight is 313 g/mol. The molecule has 0 atom stereocenters. The number of hydrogen-bond donors (Lipinski definition) is 1. The molecule has 2 aromatic heterocycles. The average Bonchev–Trinajstić information content (AvgIpc) is 2.62. The van der Waals surface area contributed by atoms with Gasteiger partial charge in [-0.3, -0.25) is 0 Å². The summed E-state index contributed by atoms with van der Waals surface area (Å²) in [5, 5.41) is 1.99. The second-order valence-electron chi connectivity index (χ2n) is 4.72. The highest BCUT2D eigenvalue weighted by atomic mass is 79.9. The van der Waals surface area contributed by atoms with Gasteiger partial charge in [-0.1, -0.05) is 20.8 Å². The molecule has 2 rings (SSSR count). The van der Waals surface area contributed by atoms with Crippen molar-refractivity contribution in [3.63, 3.8) is 0 Å². The first-order chi connectivity index (χ1) is 7.86. The smallest absolute Gasteiger partial charge is 0.223 e. The standard InChI is InChI=1S/C11H13BrN4S/c1-11(2,3)9-14-8(15-10(13)16-9)7-4-6(12)5-17-7/h4-5H,1-3H3,(H2,13,14,15,16). The minimum Gasteiger partial charge on any atom is -0.368 e. The third-order valence-electron chi connectivity index (χ3n) is 2.11. The molecule has 0 aliphatic heterocycles. The normalized spacial score (nSPS) is 11.8. The molecule has 0 spiro atoms. The maximum absolute atomic E-state index is 5.73. The Hall–Kier alpha value is -1.01. The minimum absolute atomic E-state index is 0.139. The topological polar surface area (TPSA) is 64.7 Å². The number of nitrogen functional groups attached to an aromatic ring is 1. The van der Waals surface area contributed by atoms with Crippen molar-refractivity contribution in [1.29, 1.82) is 0 Å². The zero-order valence-corrected chi connectivity index (χ0v) is 12.3. The summed E-state index contributed by atoms with van der Waals surface area (Å²) in [6.07, 6.45) is 0. The lowest BCUT2D eigenvalue weighted by molar-refractivity contribution is 0.544. The van der Waals surface area contributed by atoms with E-state index in [0.29, 0.717) is 11.6 Å². The van der Waals surface area contributed by atoms with Crippen LogP contribution in [0.4, 0.5) is 5.95 Å². The monoisotopic (exact) mass is 312 g/mol. The summed E-state index contributed by atoms with van der Waals surface area (Å²) in [5.74, 6) is 1.62. The van der Waals surface area contributed by atoms with Gasteiger partial charge in [0, 0.05) is 15.3 Å². The van der Waals surface area contributed by atoms with Crippen LogP contribution in [0.15, 0.2) is 15.9 Å². The van der Waals surface area contributed by atoms with Crippen molar-refractivity contribution in [2.45, 2.75) is 26.2 Å². The van der Waals surface area contributed by atoms with Crippen molar-refractivity contribution < 1.29 is 0 Å². The molecule has 0 bridgehead atoms. The molecule has 0 aromatic carbocycles. The van der Waals surface area contributed by atoms with Gasteiger partial charge in [-0.2, -0.15) is 9.97 Å². The molecule has 4 nitrogen and oxygen atoms in total. The molecular weight excluding hydrogens is 300 g/mol. The first kappa shape index (κ1) is 12.4. The van der Waals surface area contributed by atoms with E-state index in [9.17, 15) is 0 Å². The van der Waals surface area contributed by atoms with E-state index in [1.54, 1.807) is 11.3 Å². The number of anilines is 1. The zero-order valence-electron chi connectivity index (χ0n) is 9.86. The van der Waals surface area contributed by atoms with Crippen LogP contribution < -0.4 is 5.73 Å². The van der Waals surface area contributed by atoms with Crippen LogP contribution in [0, 0.1) is 0 Å². The van der Waals surface area contributed by atoms with Gasteiger partial charge in [0.25, 0.3) is 0 Å². The Morgan fingerprint density at radius 1 is 1.24 bits per heavy atom. The van der Waals surface area contributed by atoms with Gasteiger partial charge >= 0.3 is 0 Å². The van der Waals surface area contributed by atoms with E-state index < -0.39 is 0 Å². The van der Waals surface area contributed by atoms with E-state index in [1.807, 2.05) is 11.4 Å². The van der Waals surface area contributed by atoms with Gasteiger partial charge in [-0.05, 0) is 22.0 Å². The third kappa shape index (κ3) is 2.81.